The van der Waals surface area contributed by atoms with Crippen LogP contribution in [0, 0.1) is 0 Å². The van der Waals surface area contributed by atoms with E-state index < -0.39 is 0 Å². The SMILES string of the molecule is COc1ccc2nc(NC(=O)C(C)n3cccn3)sc2c1. The highest BCUT2D eigenvalue weighted by atomic mass is 32.1. The van der Waals surface area contributed by atoms with Crippen molar-refractivity contribution >= 4 is 32.6 Å². The molecule has 1 aromatic carbocycles. The number of ether oxygens (including phenoxy) is 1. The molecule has 1 unspecified atom stereocenters. The predicted molar refractivity (Wildman–Crippen MR) is 81.7 cm³/mol. The average molecular weight is 302 g/mol. The van der Waals surface area contributed by atoms with Gasteiger partial charge in [-0.3, -0.25) is 9.48 Å². The van der Waals surface area contributed by atoms with Crippen molar-refractivity contribution in [2.75, 3.05) is 12.4 Å². The second kappa shape index (κ2) is 5.53. The number of methoxy groups -OCH3 is 1. The number of hydrogen-bond donors (Lipinski definition) is 1. The number of benzene rings is 1. The Kier molecular flexibility index (Phi) is 3.57. The fraction of sp³-hybridized carbons (Fsp3) is 0.214. The van der Waals surface area contributed by atoms with Crippen molar-refractivity contribution in [1.82, 2.24) is 14.8 Å². The molecule has 2 heterocycles. The Bertz CT molecular complexity index is 766. The van der Waals surface area contributed by atoms with E-state index in [-0.39, 0.29) is 11.9 Å². The zero-order chi connectivity index (χ0) is 14.8. The zero-order valence-corrected chi connectivity index (χ0v) is 12.4. The smallest absolute Gasteiger partial charge is 0.250 e. The number of thiazole rings is 1. The number of rotatable bonds is 4. The van der Waals surface area contributed by atoms with Crippen molar-refractivity contribution in [3.8, 4) is 5.75 Å². The molecule has 0 aliphatic rings. The van der Waals surface area contributed by atoms with Crippen LogP contribution in [0.1, 0.15) is 13.0 Å². The van der Waals surface area contributed by atoms with Crippen LogP contribution >= 0.6 is 11.3 Å². The maximum absolute atomic E-state index is 12.2. The number of carbonyl (C=O) groups is 1. The Morgan fingerprint density at radius 3 is 3.05 bits per heavy atom. The number of anilines is 1. The van der Waals surface area contributed by atoms with E-state index in [2.05, 4.69) is 15.4 Å². The van der Waals surface area contributed by atoms with Gasteiger partial charge in [-0.25, -0.2) is 4.98 Å². The van der Waals surface area contributed by atoms with E-state index in [1.165, 1.54) is 11.3 Å². The molecule has 1 N–H and O–H groups in total. The topological polar surface area (TPSA) is 69.0 Å². The normalized spacial score (nSPS) is 12.3. The van der Waals surface area contributed by atoms with E-state index in [4.69, 9.17) is 4.74 Å². The first-order valence-electron chi connectivity index (χ1n) is 6.42. The molecule has 6 nitrogen and oxygen atoms in total. The van der Waals surface area contributed by atoms with Crippen molar-refractivity contribution < 1.29 is 9.53 Å². The molecule has 0 saturated heterocycles. The highest BCUT2D eigenvalue weighted by Gasteiger charge is 2.16. The first kappa shape index (κ1) is 13.6. The average Bonchev–Trinajstić information content (AvgIpc) is 3.14. The summed E-state index contributed by atoms with van der Waals surface area (Å²) in [7, 11) is 1.62. The van der Waals surface area contributed by atoms with Gasteiger partial charge in [0.05, 0.1) is 17.3 Å². The third-order valence-electron chi connectivity index (χ3n) is 3.13. The van der Waals surface area contributed by atoms with Gasteiger partial charge in [-0.2, -0.15) is 5.10 Å². The number of amides is 1. The van der Waals surface area contributed by atoms with Gasteiger partial charge in [0.25, 0.3) is 5.91 Å². The Balaban J connectivity index is 1.79. The molecular weight excluding hydrogens is 288 g/mol. The minimum atomic E-state index is -0.387. The Hall–Kier alpha value is -2.41. The third kappa shape index (κ3) is 2.73. The number of aromatic nitrogens is 3. The standard InChI is InChI=1S/C14H14N4O2S/c1-9(18-7-3-6-15-18)13(19)17-14-16-11-5-4-10(20-2)8-12(11)21-14/h3-9H,1-2H3,(H,16,17,19). The number of nitrogens with zero attached hydrogens (tertiary/aromatic N) is 3. The molecule has 0 fully saturated rings. The second-order valence-corrected chi connectivity index (χ2v) is 5.53. The van der Waals surface area contributed by atoms with Crippen LogP contribution < -0.4 is 10.1 Å². The molecule has 0 radical (unpaired) electrons. The molecule has 2 aromatic heterocycles. The van der Waals surface area contributed by atoms with Gasteiger partial charge in [-0.1, -0.05) is 11.3 Å². The van der Waals surface area contributed by atoms with Crippen molar-refractivity contribution in [2.24, 2.45) is 0 Å². The van der Waals surface area contributed by atoms with Crippen molar-refractivity contribution in [2.45, 2.75) is 13.0 Å². The maximum atomic E-state index is 12.2. The fourth-order valence-corrected chi connectivity index (χ4v) is 2.82. The number of hydrogen-bond acceptors (Lipinski definition) is 5. The molecule has 0 bridgehead atoms. The first-order valence-corrected chi connectivity index (χ1v) is 7.23. The highest BCUT2D eigenvalue weighted by Crippen LogP contribution is 2.29. The van der Waals surface area contributed by atoms with Crippen molar-refractivity contribution in [1.29, 1.82) is 0 Å². The van der Waals surface area contributed by atoms with Gasteiger partial charge in [0.2, 0.25) is 0 Å². The number of fused-ring (bicyclic) bond motifs is 1. The summed E-state index contributed by atoms with van der Waals surface area (Å²) in [5, 5.41) is 7.46. The Morgan fingerprint density at radius 2 is 2.33 bits per heavy atom. The van der Waals surface area contributed by atoms with E-state index in [9.17, 15) is 4.79 Å². The quantitative estimate of drug-likeness (QED) is 0.804. The van der Waals surface area contributed by atoms with Gasteiger partial charge >= 0.3 is 0 Å². The lowest BCUT2D eigenvalue weighted by Gasteiger charge is -2.10. The van der Waals surface area contributed by atoms with Crippen molar-refractivity contribution in [3.05, 3.63) is 36.7 Å². The number of carbonyl (C=O) groups excluding carboxylic acids is 1. The molecule has 7 heteroatoms. The summed E-state index contributed by atoms with van der Waals surface area (Å²) in [6, 6.07) is 7.02. The van der Waals surface area contributed by atoms with Gasteiger partial charge in [0.15, 0.2) is 5.13 Å². The lowest BCUT2D eigenvalue weighted by molar-refractivity contribution is -0.119. The van der Waals surface area contributed by atoms with Crippen LogP contribution in [0.15, 0.2) is 36.7 Å². The van der Waals surface area contributed by atoms with Gasteiger partial charge in [0.1, 0.15) is 11.8 Å². The minimum Gasteiger partial charge on any atom is -0.497 e. The molecule has 0 saturated carbocycles. The Labute approximate surface area is 125 Å². The molecule has 3 aromatic rings. The fourth-order valence-electron chi connectivity index (χ4n) is 1.93. The predicted octanol–water partition coefficient (Wildman–Crippen LogP) is 2.70. The summed E-state index contributed by atoms with van der Waals surface area (Å²) >= 11 is 1.42. The van der Waals surface area contributed by atoms with Gasteiger partial charge < -0.3 is 10.1 Å². The van der Waals surface area contributed by atoms with E-state index in [1.807, 2.05) is 18.2 Å². The molecule has 3 rings (SSSR count). The van der Waals surface area contributed by atoms with Crippen LogP contribution in [-0.2, 0) is 4.79 Å². The summed E-state index contributed by atoms with van der Waals surface area (Å²) in [6.07, 6.45) is 3.40. The number of nitrogens with one attached hydrogen (secondary N) is 1. The van der Waals surface area contributed by atoms with Crippen LogP contribution in [0.4, 0.5) is 5.13 Å². The molecule has 21 heavy (non-hydrogen) atoms. The van der Waals surface area contributed by atoms with E-state index >= 15 is 0 Å². The lowest BCUT2D eigenvalue weighted by Crippen LogP contribution is -2.23. The van der Waals surface area contributed by atoms with E-state index in [0.717, 1.165) is 16.0 Å². The molecule has 0 aliphatic carbocycles. The van der Waals surface area contributed by atoms with E-state index in [0.29, 0.717) is 5.13 Å². The molecule has 1 amide bonds. The van der Waals surface area contributed by atoms with Crippen LogP contribution in [0.3, 0.4) is 0 Å². The summed E-state index contributed by atoms with van der Waals surface area (Å²) in [5.74, 6) is 0.624. The van der Waals surface area contributed by atoms with Crippen LogP contribution in [-0.4, -0.2) is 27.8 Å². The molecular formula is C14H14N4O2S. The molecule has 0 aliphatic heterocycles. The zero-order valence-electron chi connectivity index (χ0n) is 11.6. The maximum Gasteiger partial charge on any atom is 0.250 e. The summed E-state index contributed by atoms with van der Waals surface area (Å²) in [5.41, 5.74) is 0.836. The molecule has 1 atom stereocenters. The summed E-state index contributed by atoms with van der Waals surface area (Å²) in [4.78, 5) is 16.6. The van der Waals surface area contributed by atoms with Gasteiger partial charge in [-0.15, -0.1) is 0 Å². The van der Waals surface area contributed by atoms with Crippen LogP contribution in [0.2, 0.25) is 0 Å². The molecule has 0 spiro atoms. The van der Waals surface area contributed by atoms with Gasteiger partial charge in [0, 0.05) is 12.4 Å². The van der Waals surface area contributed by atoms with Crippen molar-refractivity contribution in [3.63, 3.8) is 0 Å². The minimum absolute atomic E-state index is 0.148. The molecule has 108 valence electrons. The highest BCUT2D eigenvalue weighted by molar-refractivity contribution is 7.22. The van der Waals surface area contributed by atoms with Crippen LogP contribution in [0.5, 0.6) is 5.75 Å². The Morgan fingerprint density at radius 1 is 1.48 bits per heavy atom. The van der Waals surface area contributed by atoms with Gasteiger partial charge in [-0.05, 0) is 31.2 Å². The summed E-state index contributed by atoms with van der Waals surface area (Å²) in [6.45, 7) is 1.79. The third-order valence-corrected chi connectivity index (χ3v) is 4.06. The largest absolute Gasteiger partial charge is 0.497 e. The monoisotopic (exact) mass is 302 g/mol. The lowest BCUT2D eigenvalue weighted by atomic mass is 10.3. The second-order valence-electron chi connectivity index (χ2n) is 4.50. The van der Waals surface area contributed by atoms with E-state index in [1.54, 1.807) is 37.2 Å². The first-order chi connectivity index (χ1) is 10.2. The van der Waals surface area contributed by atoms with Crippen LogP contribution in [0.25, 0.3) is 10.2 Å². The summed E-state index contributed by atoms with van der Waals surface area (Å²) < 4.78 is 7.75.